The van der Waals surface area contributed by atoms with Gasteiger partial charge in [0.2, 0.25) is 5.03 Å². The van der Waals surface area contributed by atoms with E-state index < -0.39 is 10.0 Å². The highest BCUT2D eigenvalue weighted by Crippen LogP contribution is 2.19. The van der Waals surface area contributed by atoms with E-state index in [9.17, 15) is 8.42 Å². The van der Waals surface area contributed by atoms with E-state index in [4.69, 9.17) is 16.7 Å². The van der Waals surface area contributed by atoms with Crippen molar-refractivity contribution in [1.29, 1.82) is 0 Å². The summed E-state index contributed by atoms with van der Waals surface area (Å²) >= 11 is 5.62. The van der Waals surface area contributed by atoms with Gasteiger partial charge in [0.15, 0.2) is 5.15 Å². The van der Waals surface area contributed by atoms with Gasteiger partial charge in [0.1, 0.15) is 6.33 Å². The first kappa shape index (κ1) is 9.44. The smallest absolute Gasteiger partial charge is 0.258 e. The second-order valence-electron chi connectivity index (χ2n) is 2.68. The molecule has 2 N–H and O–H groups in total. The van der Waals surface area contributed by atoms with Gasteiger partial charge in [-0.2, -0.15) is 9.97 Å². The summed E-state index contributed by atoms with van der Waals surface area (Å²) in [5.41, 5.74) is 0. The summed E-state index contributed by atoms with van der Waals surface area (Å²) in [6.45, 7) is 0. The van der Waals surface area contributed by atoms with Gasteiger partial charge in [0.25, 0.3) is 15.8 Å². The molecule has 0 saturated carbocycles. The van der Waals surface area contributed by atoms with Gasteiger partial charge in [0, 0.05) is 7.05 Å². The van der Waals surface area contributed by atoms with E-state index >= 15 is 0 Å². The number of hydrogen-bond donors (Lipinski definition) is 1. The third-order valence-corrected chi connectivity index (χ3v) is 2.96. The summed E-state index contributed by atoms with van der Waals surface area (Å²) in [7, 11) is -2.30. The zero-order valence-electron chi connectivity index (χ0n) is 7.05. The molecule has 0 aliphatic rings. The minimum atomic E-state index is -3.90. The molecule has 9 heteroatoms. The predicted molar refractivity (Wildman–Crippen MR) is 48.3 cm³/mol. The normalized spacial score (nSPS) is 12.5. The second-order valence-corrected chi connectivity index (χ2v) is 4.52. The van der Waals surface area contributed by atoms with Crippen molar-refractivity contribution in [3.63, 3.8) is 0 Å². The fourth-order valence-corrected chi connectivity index (χ4v) is 2.36. The summed E-state index contributed by atoms with van der Waals surface area (Å²) in [4.78, 5) is 7.56. The van der Waals surface area contributed by atoms with E-state index in [2.05, 4.69) is 9.97 Å². The SMILES string of the molecule is Cn1cnc2nc(Cl)c(S(N)(=O)=O)n21. The van der Waals surface area contributed by atoms with Crippen LogP contribution in [0.4, 0.5) is 0 Å². The molecule has 0 saturated heterocycles. The number of nitrogens with zero attached hydrogens (tertiary/aromatic N) is 4. The van der Waals surface area contributed by atoms with Crippen LogP contribution >= 0.6 is 11.6 Å². The van der Waals surface area contributed by atoms with Gasteiger partial charge in [-0.15, -0.1) is 0 Å². The zero-order chi connectivity index (χ0) is 10.5. The fraction of sp³-hybridized carbons (Fsp3) is 0.200. The lowest BCUT2D eigenvalue weighted by Gasteiger charge is -1.99. The van der Waals surface area contributed by atoms with Crippen LogP contribution in [0.3, 0.4) is 0 Å². The molecule has 2 aromatic rings. The van der Waals surface area contributed by atoms with Crippen LogP contribution in [0.1, 0.15) is 0 Å². The highest BCUT2D eigenvalue weighted by Gasteiger charge is 2.23. The average Bonchev–Trinajstić information content (AvgIpc) is 2.49. The number of nitrogens with two attached hydrogens (primary N) is 1. The summed E-state index contributed by atoms with van der Waals surface area (Å²) in [6.07, 6.45) is 1.41. The molecule has 76 valence electrons. The number of halogens is 1. The van der Waals surface area contributed by atoms with Crippen molar-refractivity contribution in [3.8, 4) is 0 Å². The largest absolute Gasteiger partial charge is 0.269 e. The fourth-order valence-electron chi connectivity index (χ4n) is 1.15. The Kier molecular flexibility index (Phi) is 1.81. The van der Waals surface area contributed by atoms with E-state index in [-0.39, 0.29) is 16.0 Å². The molecule has 0 unspecified atom stereocenters. The minimum Gasteiger partial charge on any atom is -0.269 e. The van der Waals surface area contributed by atoms with Gasteiger partial charge in [-0.05, 0) is 0 Å². The Bertz CT molecular complexity index is 597. The third kappa shape index (κ3) is 1.19. The van der Waals surface area contributed by atoms with E-state index in [1.165, 1.54) is 15.5 Å². The van der Waals surface area contributed by atoms with E-state index in [1.54, 1.807) is 7.05 Å². The Morgan fingerprint density at radius 1 is 1.57 bits per heavy atom. The van der Waals surface area contributed by atoms with Crippen LogP contribution in [0.2, 0.25) is 5.15 Å². The molecule has 2 rings (SSSR count). The van der Waals surface area contributed by atoms with E-state index in [0.717, 1.165) is 0 Å². The summed E-state index contributed by atoms with van der Waals surface area (Å²) in [6, 6.07) is 0. The molecule has 0 radical (unpaired) electrons. The monoisotopic (exact) mass is 235 g/mol. The third-order valence-electron chi connectivity index (χ3n) is 1.68. The maximum Gasteiger partial charge on any atom is 0.258 e. The van der Waals surface area contributed by atoms with Crippen LogP contribution in [0.25, 0.3) is 5.78 Å². The highest BCUT2D eigenvalue weighted by molar-refractivity contribution is 7.89. The van der Waals surface area contributed by atoms with Crippen molar-refractivity contribution in [1.82, 2.24) is 19.2 Å². The molecule has 14 heavy (non-hydrogen) atoms. The maximum absolute atomic E-state index is 11.2. The van der Waals surface area contributed by atoms with Crippen molar-refractivity contribution >= 4 is 27.4 Å². The van der Waals surface area contributed by atoms with Gasteiger partial charge >= 0.3 is 0 Å². The number of imidazole rings is 1. The summed E-state index contributed by atoms with van der Waals surface area (Å²) < 4.78 is 25.0. The topological polar surface area (TPSA) is 95.3 Å². The molecular formula is C5H6ClN5O2S. The standard InChI is InChI=1S/C5H6ClN5O2S/c1-10-2-8-5-9-3(6)4(11(5)10)14(7,12)13/h2H,1H3,(H2,7,12,13). The van der Waals surface area contributed by atoms with Crippen molar-refractivity contribution in [3.05, 3.63) is 11.5 Å². The number of aromatic nitrogens is 4. The molecule has 0 atom stereocenters. The second kappa shape index (κ2) is 2.69. The number of hydrogen-bond acceptors (Lipinski definition) is 4. The molecule has 0 aromatic carbocycles. The first-order valence-corrected chi connectivity index (χ1v) is 5.42. The van der Waals surface area contributed by atoms with Crippen molar-refractivity contribution in [2.75, 3.05) is 0 Å². The van der Waals surface area contributed by atoms with Crippen molar-refractivity contribution < 1.29 is 8.42 Å². The number of fused-ring (bicyclic) bond motifs is 1. The molecule has 0 amide bonds. The Labute approximate surface area is 84.1 Å². The van der Waals surface area contributed by atoms with Crippen LogP contribution in [-0.4, -0.2) is 27.6 Å². The van der Waals surface area contributed by atoms with E-state index in [0.29, 0.717) is 0 Å². The van der Waals surface area contributed by atoms with Gasteiger partial charge in [-0.3, -0.25) is 4.68 Å². The first-order chi connectivity index (χ1) is 6.41. The van der Waals surface area contributed by atoms with Crippen LogP contribution in [0.5, 0.6) is 0 Å². The van der Waals surface area contributed by atoms with Crippen LogP contribution < -0.4 is 5.14 Å². The van der Waals surface area contributed by atoms with Gasteiger partial charge in [-0.1, -0.05) is 11.6 Å². The first-order valence-electron chi connectivity index (χ1n) is 3.49. The number of aryl methyl sites for hydroxylation is 1. The average molecular weight is 236 g/mol. The number of primary sulfonamides is 1. The highest BCUT2D eigenvalue weighted by atomic mass is 35.5. The van der Waals surface area contributed by atoms with Crippen LogP contribution in [0.15, 0.2) is 11.4 Å². The van der Waals surface area contributed by atoms with Crippen LogP contribution in [0, 0.1) is 0 Å². The Balaban J connectivity index is 2.99. The summed E-state index contributed by atoms with van der Waals surface area (Å²) in [5.74, 6) is 0.196. The maximum atomic E-state index is 11.2. The number of sulfonamides is 1. The molecule has 2 aromatic heterocycles. The van der Waals surface area contributed by atoms with Gasteiger partial charge in [0.05, 0.1) is 0 Å². The van der Waals surface area contributed by atoms with Crippen molar-refractivity contribution in [2.45, 2.75) is 5.03 Å². The van der Waals surface area contributed by atoms with Gasteiger partial charge in [-0.25, -0.2) is 18.1 Å². The Morgan fingerprint density at radius 3 is 2.79 bits per heavy atom. The molecule has 0 aliphatic heterocycles. The zero-order valence-corrected chi connectivity index (χ0v) is 8.62. The molecule has 0 bridgehead atoms. The molecule has 0 spiro atoms. The minimum absolute atomic E-state index is 0.175. The molecule has 0 aliphatic carbocycles. The van der Waals surface area contributed by atoms with Crippen LogP contribution in [-0.2, 0) is 17.1 Å². The lowest BCUT2D eigenvalue weighted by molar-refractivity contribution is 0.578. The molecule has 0 fully saturated rings. The molecule has 7 nitrogen and oxygen atoms in total. The molecular weight excluding hydrogens is 230 g/mol. The summed E-state index contributed by atoms with van der Waals surface area (Å²) in [5, 5.41) is 4.55. The van der Waals surface area contributed by atoms with Crippen molar-refractivity contribution in [2.24, 2.45) is 12.2 Å². The van der Waals surface area contributed by atoms with Gasteiger partial charge < -0.3 is 0 Å². The Hall–Kier alpha value is -1.12. The Morgan fingerprint density at radius 2 is 2.21 bits per heavy atom. The lowest BCUT2D eigenvalue weighted by Crippen LogP contribution is -2.17. The van der Waals surface area contributed by atoms with E-state index in [1.807, 2.05) is 0 Å². The number of rotatable bonds is 1. The molecule has 2 heterocycles. The predicted octanol–water partition coefficient (Wildman–Crippen LogP) is -0.631. The quantitative estimate of drug-likeness (QED) is 0.712. The lowest BCUT2D eigenvalue weighted by atomic mass is 10.9.